The monoisotopic (exact) mass is 281 g/mol. The van der Waals surface area contributed by atoms with E-state index in [1.54, 1.807) is 6.07 Å². The molecule has 0 unspecified atom stereocenters. The van der Waals surface area contributed by atoms with Crippen LogP contribution in [0.2, 0.25) is 0 Å². The summed E-state index contributed by atoms with van der Waals surface area (Å²) in [6.45, 7) is 2.39. The number of nitrogens with one attached hydrogen (secondary N) is 1. The number of anilines is 1. The molecule has 0 saturated heterocycles. The fourth-order valence-corrected chi connectivity index (χ4v) is 2.31. The van der Waals surface area contributed by atoms with Gasteiger partial charge < -0.3 is 14.8 Å². The summed E-state index contributed by atoms with van der Waals surface area (Å²) in [5.41, 5.74) is 2.18. The van der Waals surface area contributed by atoms with Gasteiger partial charge in [-0.05, 0) is 30.2 Å². The fraction of sp³-hybridized carbons (Fsp3) is 0.118. The van der Waals surface area contributed by atoms with Crippen molar-refractivity contribution < 1.29 is 9.52 Å². The van der Waals surface area contributed by atoms with Crippen LogP contribution in [0.5, 0.6) is 5.75 Å². The molecule has 0 aliphatic heterocycles. The number of aromatic hydroxyl groups is 1. The SMILES string of the molecule is Cc1cc(=O)oc2c(O)c(NCc3ccccc3)ccc12. The first kappa shape index (κ1) is 13.2. The summed E-state index contributed by atoms with van der Waals surface area (Å²) < 4.78 is 5.12. The average molecular weight is 281 g/mol. The largest absolute Gasteiger partial charge is 0.503 e. The normalized spacial score (nSPS) is 10.7. The number of phenolic OH excluding ortho intramolecular Hbond substituents is 1. The summed E-state index contributed by atoms with van der Waals surface area (Å²) in [6, 6.07) is 14.9. The lowest BCUT2D eigenvalue weighted by Crippen LogP contribution is -2.01. The number of hydrogen-bond acceptors (Lipinski definition) is 4. The molecule has 3 aromatic rings. The lowest BCUT2D eigenvalue weighted by molar-refractivity contribution is 0.458. The summed E-state index contributed by atoms with van der Waals surface area (Å²) >= 11 is 0. The van der Waals surface area contributed by atoms with Crippen LogP contribution in [0.4, 0.5) is 5.69 Å². The van der Waals surface area contributed by atoms with Gasteiger partial charge in [-0.3, -0.25) is 0 Å². The second-order valence-corrected chi connectivity index (χ2v) is 4.93. The van der Waals surface area contributed by atoms with Crippen LogP contribution in [0, 0.1) is 6.92 Å². The zero-order chi connectivity index (χ0) is 14.8. The quantitative estimate of drug-likeness (QED) is 0.570. The van der Waals surface area contributed by atoms with Crippen molar-refractivity contribution in [2.24, 2.45) is 0 Å². The number of phenols is 1. The second kappa shape index (κ2) is 5.32. The van der Waals surface area contributed by atoms with E-state index in [0.717, 1.165) is 16.5 Å². The highest BCUT2D eigenvalue weighted by Gasteiger charge is 2.11. The second-order valence-electron chi connectivity index (χ2n) is 4.93. The molecule has 4 nitrogen and oxygen atoms in total. The standard InChI is InChI=1S/C17H15NO3/c1-11-9-15(19)21-17-13(11)7-8-14(16(17)20)18-10-12-5-3-2-4-6-12/h2-9,18,20H,10H2,1H3. The maximum absolute atomic E-state index is 11.4. The minimum absolute atomic E-state index is 0.0377. The maximum atomic E-state index is 11.4. The van der Waals surface area contributed by atoms with E-state index in [0.29, 0.717) is 12.2 Å². The van der Waals surface area contributed by atoms with Crippen LogP contribution in [0.15, 0.2) is 57.7 Å². The van der Waals surface area contributed by atoms with Gasteiger partial charge in [-0.25, -0.2) is 4.79 Å². The van der Waals surface area contributed by atoms with Gasteiger partial charge in [0.05, 0.1) is 5.69 Å². The Morgan fingerprint density at radius 1 is 1.14 bits per heavy atom. The fourth-order valence-electron chi connectivity index (χ4n) is 2.31. The number of rotatable bonds is 3. The van der Waals surface area contributed by atoms with Gasteiger partial charge in [0.15, 0.2) is 11.3 Å². The van der Waals surface area contributed by atoms with E-state index in [1.807, 2.05) is 43.3 Å². The molecule has 1 aromatic heterocycles. The zero-order valence-electron chi connectivity index (χ0n) is 11.6. The molecule has 21 heavy (non-hydrogen) atoms. The minimum Gasteiger partial charge on any atom is -0.503 e. The lowest BCUT2D eigenvalue weighted by atomic mass is 10.1. The summed E-state index contributed by atoms with van der Waals surface area (Å²) in [5, 5.41) is 14.2. The number of benzene rings is 2. The molecule has 3 rings (SSSR count). The Morgan fingerprint density at radius 2 is 1.90 bits per heavy atom. The molecule has 0 saturated carbocycles. The van der Waals surface area contributed by atoms with Gasteiger partial charge in [0, 0.05) is 18.0 Å². The molecule has 0 atom stereocenters. The minimum atomic E-state index is -0.462. The van der Waals surface area contributed by atoms with E-state index in [-0.39, 0.29) is 11.3 Å². The molecule has 0 fully saturated rings. The average Bonchev–Trinajstić information content (AvgIpc) is 2.48. The third-order valence-electron chi connectivity index (χ3n) is 3.42. The maximum Gasteiger partial charge on any atom is 0.336 e. The molecule has 0 radical (unpaired) electrons. The van der Waals surface area contributed by atoms with Gasteiger partial charge in [-0.2, -0.15) is 0 Å². The Labute approximate surface area is 121 Å². The van der Waals surface area contributed by atoms with E-state index in [4.69, 9.17) is 4.42 Å². The van der Waals surface area contributed by atoms with Gasteiger partial charge in [0.2, 0.25) is 0 Å². The summed E-state index contributed by atoms with van der Waals surface area (Å²) in [7, 11) is 0. The molecule has 106 valence electrons. The van der Waals surface area contributed by atoms with E-state index in [9.17, 15) is 9.90 Å². The van der Waals surface area contributed by atoms with Crippen LogP contribution < -0.4 is 10.9 Å². The molecular formula is C17H15NO3. The molecule has 0 spiro atoms. The molecule has 0 amide bonds. The number of hydrogen-bond donors (Lipinski definition) is 2. The Kier molecular flexibility index (Phi) is 3.36. The first-order chi connectivity index (χ1) is 10.1. The van der Waals surface area contributed by atoms with Crippen molar-refractivity contribution in [3.63, 3.8) is 0 Å². The zero-order valence-corrected chi connectivity index (χ0v) is 11.6. The van der Waals surface area contributed by atoms with Crippen LogP contribution >= 0.6 is 0 Å². The Bertz CT molecular complexity index is 838. The Hall–Kier alpha value is -2.75. The summed E-state index contributed by atoms with van der Waals surface area (Å²) in [4.78, 5) is 11.4. The third kappa shape index (κ3) is 2.60. The first-order valence-electron chi connectivity index (χ1n) is 6.69. The summed E-state index contributed by atoms with van der Waals surface area (Å²) in [6.07, 6.45) is 0. The molecule has 4 heteroatoms. The van der Waals surface area contributed by atoms with Crippen molar-refractivity contribution in [1.82, 2.24) is 0 Å². The van der Waals surface area contributed by atoms with E-state index < -0.39 is 5.63 Å². The highest BCUT2D eigenvalue weighted by Crippen LogP contribution is 2.33. The molecule has 2 N–H and O–H groups in total. The van der Waals surface area contributed by atoms with Gasteiger partial charge in [-0.15, -0.1) is 0 Å². The van der Waals surface area contributed by atoms with Crippen LogP contribution in [0.1, 0.15) is 11.1 Å². The highest BCUT2D eigenvalue weighted by atomic mass is 16.4. The molecule has 1 heterocycles. The molecule has 2 aromatic carbocycles. The van der Waals surface area contributed by atoms with Crippen LogP contribution in [-0.2, 0) is 6.54 Å². The van der Waals surface area contributed by atoms with E-state index >= 15 is 0 Å². The third-order valence-corrected chi connectivity index (χ3v) is 3.42. The topological polar surface area (TPSA) is 62.5 Å². The number of fused-ring (bicyclic) bond motifs is 1. The van der Waals surface area contributed by atoms with Crippen molar-refractivity contribution in [2.45, 2.75) is 13.5 Å². The van der Waals surface area contributed by atoms with Crippen LogP contribution in [-0.4, -0.2) is 5.11 Å². The molecular weight excluding hydrogens is 266 g/mol. The van der Waals surface area contributed by atoms with Crippen molar-refractivity contribution in [3.05, 3.63) is 70.1 Å². The van der Waals surface area contributed by atoms with Crippen LogP contribution in [0.25, 0.3) is 11.0 Å². The van der Waals surface area contributed by atoms with Crippen molar-refractivity contribution in [2.75, 3.05) is 5.32 Å². The van der Waals surface area contributed by atoms with E-state index in [1.165, 1.54) is 6.07 Å². The predicted octanol–water partition coefficient (Wildman–Crippen LogP) is 3.42. The molecule has 0 aliphatic carbocycles. The van der Waals surface area contributed by atoms with Crippen molar-refractivity contribution in [3.8, 4) is 5.75 Å². The highest BCUT2D eigenvalue weighted by molar-refractivity contribution is 5.90. The van der Waals surface area contributed by atoms with Gasteiger partial charge in [0.1, 0.15) is 0 Å². The van der Waals surface area contributed by atoms with Gasteiger partial charge >= 0.3 is 5.63 Å². The molecule has 0 bridgehead atoms. The predicted molar refractivity (Wildman–Crippen MR) is 82.7 cm³/mol. The Balaban J connectivity index is 1.97. The molecule has 0 aliphatic rings. The summed E-state index contributed by atoms with van der Waals surface area (Å²) in [5.74, 6) is -0.0377. The first-order valence-corrected chi connectivity index (χ1v) is 6.69. The Morgan fingerprint density at radius 3 is 2.67 bits per heavy atom. The van der Waals surface area contributed by atoms with Crippen molar-refractivity contribution in [1.29, 1.82) is 0 Å². The van der Waals surface area contributed by atoms with Gasteiger partial charge in [-0.1, -0.05) is 30.3 Å². The van der Waals surface area contributed by atoms with E-state index in [2.05, 4.69) is 5.32 Å². The van der Waals surface area contributed by atoms with Crippen LogP contribution in [0.3, 0.4) is 0 Å². The number of aryl methyl sites for hydroxylation is 1. The van der Waals surface area contributed by atoms with Crippen molar-refractivity contribution >= 4 is 16.7 Å². The van der Waals surface area contributed by atoms with Gasteiger partial charge in [0.25, 0.3) is 0 Å². The lowest BCUT2D eigenvalue weighted by Gasteiger charge is -2.10. The smallest absolute Gasteiger partial charge is 0.336 e.